The molecular weight excluding hydrogens is 302 g/mol. The maximum Gasteiger partial charge on any atom is 0.115 e. The molecule has 1 atom stereocenters. The normalized spacial score (nSPS) is 12.7. The molecule has 21 heavy (non-hydrogen) atoms. The number of nitrogens with one attached hydrogen (secondary N) is 1. The van der Waals surface area contributed by atoms with Gasteiger partial charge in [0, 0.05) is 27.5 Å². The summed E-state index contributed by atoms with van der Waals surface area (Å²) in [4.78, 5) is 1.14. The summed E-state index contributed by atoms with van der Waals surface area (Å²) in [7, 11) is 0. The van der Waals surface area contributed by atoms with Crippen LogP contribution in [-0.2, 0) is 6.54 Å². The molecule has 0 bridgehead atoms. The molecule has 1 unspecified atom stereocenters. The maximum atomic E-state index is 9.54. The van der Waals surface area contributed by atoms with Crippen LogP contribution in [-0.4, -0.2) is 5.11 Å². The van der Waals surface area contributed by atoms with Crippen molar-refractivity contribution in [1.29, 1.82) is 0 Å². The van der Waals surface area contributed by atoms with Crippen LogP contribution < -0.4 is 5.32 Å². The molecule has 0 amide bonds. The van der Waals surface area contributed by atoms with Gasteiger partial charge < -0.3 is 10.4 Å². The minimum Gasteiger partial charge on any atom is -0.508 e. The summed E-state index contributed by atoms with van der Waals surface area (Å²) >= 11 is 8.16. The Hall–Kier alpha value is -1.55. The van der Waals surface area contributed by atoms with Crippen molar-refractivity contribution in [2.45, 2.75) is 19.5 Å². The Bertz CT molecular complexity index is 768. The predicted molar refractivity (Wildman–Crippen MR) is 90.2 cm³/mol. The van der Waals surface area contributed by atoms with Gasteiger partial charge in [-0.1, -0.05) is 41.9 Å². The fourth-order valence-electron chi connectivity index (χ4n) is 2.34. The quantitative estimate of drug-likeness (QED) is 0.700. The summed E-state index contributed by atoms with van der Waals surface area (Å²) < 4.78 is 1.21. The van der Waals surface area contributed by atoms with Gasteiger partial charge in [-0.25, -0.2) is 0 Å². The van der Waals surface area contributed by atoms with Gasteiger partial charge in [0.15, 0.2) is 0 Å². The van der Waals surface area contributed by atoms with Gasteiger partial charge in [-0.3, -0.25) is 0 Å². The largest absolute Gasteiger partial charge is 0.508 e. The number of thiophene rings is 1. The predicted octanol–water partition coefficient (Wildman–Crippen LogP) is 5.11. The van der Waals surface area contributed by atoms with Gasteiger partial charge in [0.2, 0.25) is 0 Å². The Morgan fingerprint density at radius 2 is 2.00 bits per heavy atom. The van der Waals surface area contributed by atoms with Gasteiger partial charge in [-0.2, -0.15) is 0 Å². The number of fused-ring (bicyclic) bond motifs is 1. The van der Waals surface area contributed by atoms with E-state index in [0.29, 0.717) is 5.75 Å². The van der Waals surface area contributed by atoms with E-state index in [1.165, 1.54) is 4.70 Å². The first-order chi connectivity index (χ1) is 10.1. The SMILES string of the molecule is CC(NCc1sc2ccccc2c1Cl)c1cccc(O)c1. The van der Waals surface area contributed by atoms with Crippen molar-refractivity contribution in [3.63, 3.8) is 0 Å². The third kappa shape index (κ3) is 3.05. The third-order valence-electron chi connectivity index (χ3n) is 3.54. The molecule has 108 valence electrons. The molecule has 0 fully saturated rings. The highest BCUT2D eigenvalue weighted by atomic mass is 35.5. The Morgan fingerprint density at radius 1 is 1.19 bits per heavy atom. The van der Waals surface area contributed by atoms with Crippen LogP contribution in [0.2, 0.25) is 5.02 Å². The van der Waals surface area contributed by atoms with Crippen LogP contribution in [0.3, 0.4) is 0 Å². The van der Waals surface area contributed by atoms with Gasteiger partial charge in [0.1, 0.15) is 5.75 Å². The first-order valence-corrected chi connectivity index (χ1v) is 8.03. The molecular formula is C17H16ClNOS. The number of hydrogen-bond acceptors (Lipinski definition) is 3. The van der Waals surface area contributed by atoms with Crippen molar-refractivity contribution in [2.75, 3.05) is 0 Å². The zero-order chi connectivity index (χ0) is 14.8. The fourth-order valence-corrected chi connectivity index (χ4v) is 3.79. The van der Waals surface area contributed by atoms with Crippen LogP contribution in [0.15, 0.2) is 48.5 Å². The Morgan fingerprint density at radius 3 is 2.76 bits per heavy atom. The lowest BCUT2D eigenvalue weighted by molar-refractivity contribution is 0.472. The van der Waals surface area contributed by atoms with Crippen molar-refractivity contribution >= 4 is 33.0 Å². The standard InChI is InChI=1S/C17H16ClNOS/c1-11(12-5-4-6-13(20)9-12)19-10-16-17(18)14-7-2-3-8-15(14)21-16/h2-9,11,19-20H,10H2,1H3. The molecule has 2 nitrogen and oxygen atoms in total. The third-order valence-corrected chi connectivity index (χ3v) is 5.26. The first kappa shape index (κ1) is 14.4. The second-order valence-electron chi connectivity index (χ2n) is 5.03. The van der Waals surface area contributed by atoms with Crippen molar-refractivity contribution in [3.05, 3.63) is 64.0 Å². The van der Waals surface area contributed by atoms with E-state index in [0.717, 1.165) is 27.4 Å². The summed E-state index contributed by atoms with van der Waals surface area (Å²) in [6.07, 6.45) is 0. The highest BCUT2D eigenvalue weighted by Crippen LogP contribution is 2.35. The summed E-state index contributed by atoms with van der Waals surface area (Å²) in [6, 6.07) is 15.7. The Balaban J connectivity index is 1.75. The van der Waals surface area contributed by atoms with E-state index in [-0.39, 0.29) is 6.04 Å². The van der Waals surface area contributed by atoms with Gasteiger partial charge in [-0.15, -0.1) is 11.3 Å². The number of rotatable bonds is 4. The van der Waals surface area contributed by atoms with Crippen molar-refractivity contribution in [1.82, 2.24) is 5.32 Å². The number of aromatic hydroxyl groups is 1. The second kappa shape index (κ2) is 6.06. The molecule has 0 saturated heterocycles. The zero-order valence-electron chi connectivity index (χ0n) is 11.6. The van der Waals surface area contributed by atoms with Crippen LogP contribution >= 0.6 is 22.9 Å². The van der Waals surface area contributed by atoms with Crippen molar-refractivity contribution < 1.29 is 5.11 Å². The Labute approximate surface area is 133 Å². The van der Waals surface area contributed by atoms with E-state index in [9.17, 15) is 5.11 Å². The van der Waals surface area contributed by atoms with E-state index in [4.69, 9.17) is 11.6 Å². The lowest BCUT2D eigenvalue weighted by Crippen LogP contribution is -2.17. The smallest absolute Gasteiger partial charge is 0.115 e. The average Bonchev–Trinajstić information content (AvgIpc) is 2.82. The number of phenolic OH excluding ortho intramolecular Hbond substituents is 1. The van der Waals surface area contributed by atoms with E-state index in [2.05, 4.69) is 24.4 Å². The van der Waals surface area contributed by atoms with Crippen LogP contribution in [0.1, 0.15) is 23.4 Å². The molecule has 2 N–H and O–H groups in total. The van der Waals surface area contributed by atoms with Crippen molar-refractivity contribution in [3.8, 4) is 5.75 Å². The average molecular weight is 318 g/mol. The number of phenols is 1. The highest BCUT2D eigenvalue weighted by Gasteiger charge is 2.11. The van der Waals surface area contributed by atoms with Gasteiger partial charge in [0.25, 0.3) is 0 Å². The maximum absolute atomic E-state index is 9.54. The van der Waals surface area contributed by atoms with E-state index in [1.54, 1.807) is 23.5 Å². The molecule has 2 aromatic carbocycles. The van der Waals surface area contributed by atoms with E-state index >= 15 is 0 Å². The summed E-state index contributed by atoms with van der Waals surface area (Å²) in [5, 5.41) is 15.0. The summed E-state index contributed by atoms with van der Waals surface area (Å²) in [6.45, 7) is 2.80. The topological polar surface area (TPSA) is 32.3 Å². The van der Waals surface area contributed by atoms with Crippen LogP contribution in [0.4, 0.5) is 0 Å². The van der Waals surface area contributed by atoms with E-state index in [1.807, 2.05) is 24.3 Å². The molecule has 0 aliphatic heterocycles. The molecule has 0 spiro atoms. The zero-order valence-corrected chi connectivity index (χ0v) is 13.2. The fraction of sp³-hybridized carbons (Fsp3) is 0.176. The number of hydrogen-bond donors (Lipinski definition) is 2. The molecule has 1 heterocycles. The van der Waals surface area contributed by atoms with Crippen LogP contribution in [0, 0.1) is 0 Å². The molecule has 0 aliphatic rings. The molecule has 0 saturated carbocycles. The van der Waals surface area contributed by atoms with Gasteiger partial charge >= 0.3 is 0 Å². The highest BCUT2D eigenvalue weighted by molar-refractivity contribution is 7.19. The molecule has 1 aromatic heterocycles. The van der Waals surface area contributed by atoms with Gasteiger partial charge in [0.05, 0.1) is 5.02 Å². The minimum absolute atomic E-state index is 0.151. The van der Waals surface area contributed by atoms with E-state index < -0.39 is 0 Å². The van der Waals surface area contributed by atoms with Crippen molar-refractivity contribution in [2.24, 2.45) is 0 Å². The number of benzene rings is 2. The molecule has 3 rings (SSSR count). The molecule has 4 heteroatoms. The summed E-state index contributed by atoms with van der Waals surface area (Å²) in [5.41, 5.74) is 1.06. The number of halogens is 1. The lowest BCUT2D eigenvalue weighted by Gasteiger charge is -2.14. The molecule has 0 radical (unpaired) electrons. The Kier molecular flexibility index (Phi) is 4.15. The molecule has 0 aliphatic carbocycles. The van der Waals surface area contributed by atoms with Gasteiger partial charge in [-0.05, 0) is 30.7 Å². The lowest BCUT2D eigenvalue weighted by atomic mass is 10.1. The molecule has 3 aromatic rings. The first-order valence-electron chi connectivity index (χ1n) is 6.83. The van der Waals surface area contributed by atoms with Crippen LogP contribution in [0.5, 0.6) is 5.75 Å². The van der Waals surface area contributed by atoms with Crippen LogP contribution in [0.25, 0.3) is 10.1 Å². The minimum atomic E-state index is 0.151. The second-order valence-corrected chi connectivity index (χ2v) is 6.55. The monoisotopic (exact) mass is 317 g/mol. The summed E-state index contributed by atoms with van der Waals surface area (Å²) in [5.74, 6) is 0.293.